The molecule has 166 valence electrons. The Hall–Kier alpha value is -2.49. The molecule has 0 radical (unpaired) electrons. The second-order valence-corrected chi connectivity index (χ2v) is 7.78. The Morgan fingerprint density at radius 1 is 1.17 bits per heavy atom. The van der Waals surface area contributed by atoms with E-state index in [0.717, 1.165) is 12.1 Å². The van der Waals surface area contributed by atoms with E-state index in [1.807, 2.05) is 4.90 Å². The molecule has 30 heavy (non-hydrogen) atoms. The SMILES string of the molecule is CN(C)C(=O)N1CCCC(C(=O)Nc2cc(C(F)(F)F)ccc2N2CCOCC2)C1. The van der Waals surface area contributed by atoms with Crippen LogP contribution in [0.25, 0.3) is 0 Å². The molecule has 1 aromatic carbocycles. The van der Waals surface area contributed by atoms with Crippen molar-refractivity contribution >= 4 is 23.3 Å². The minimum Gasteiger partial charge on any atom is -0.378 e. The maximum atomic E-state index is 13.3. The summed E-state index contributed by atoms with van der Waals surface area (Å²) in [5.41, 5.74) is -0.146. The Balaban J connectivity index is 1.81. The molecule has 7 nitrogen and oxygen atoms in total. The van der Waals surface area contributed by atoms with Gasteiger partial charge in [-0.05, 0) is 31.0 Å². The van der Waals surface area contributed by atoms with Gasteiger partial charge in [0, 0.05) is 40.3 Å². The van der Waals surface area contributed by atoms with Gasteiger partial charge in [-0.2, -0.15) is 13.2 Å². The van der Waals surface area contributed by atoms with Crippen molar-refractivity contribution in [1.82, 2.24) is 9.80 Å². The molecule has 1 atom stereocenters. The molecular weight excluding hydrogens is 401 g/mol. The lowest BCUT2D eigenvalue weighted by atomic mass is 9.97. The van der Waals surface area contributed by atoms with Crippen molar-refractivity contribution in [3.8, 4) is 0 Å². The van der Waals surface area contributed by atoms with E-state index in [4.69, 9.17) is 4.74 Å². The van der Waals surface area contributed by atoms with Gasteiger partial charge in [0.15, 0.2) is 0 Å². The minimum absolute atomic E-state index is 0.132. The number of carbonyl (C=O) groups is 2. The largest absolute Gasteiger partial charge is 0.416 e. The van der Waals surface area contributed by atoms with Crippen LogP contribution in [0.15, 0.2) is 18.2 Å². The number of anilines is 2. The highest BCUT2D eigenvalue weighted by Crippen LogP contribution is 2.36. The van der Waals surface area contributed by atoms with Gasteiger partial charge in [0.2, 0.25) is 5.91 Å². The molecule has 3 rings (SSSR count). The van der Waals surface area contributed by atoms with Crippen LogP contribution in [-0.4, -0.2) is 75.2 Å². The summed E-state index contributed by atoms with van der Waals surface area (Å²) >= 11 is 0. The molecule has 10 heteroatoms. The lowest BCUT2D eigenvalue weighted by molar-refractivity contribution is -0.137. The molecule has 1 unspecified atom stereocenters. The third-order valence-corrected chi connectivity index (χ3v) is 5.38. The van der Waals surface area contributed by atoms with E-state index in [9.17, 15) is 22.8 Å². The Morgan fingerprint density at radius 2 is 1.87 bits per heavy atom. The van der Waals surface area contributed by atoms with E-state index >= 15 is 0 Å². The highest BCUT2D eigenvalue weighted by molar-refractivity contribution is 5.96. The molecule has 0 saturated carbocycles. The molecule has 0 aromatic heterocycles. The summed E-state index contributed by atoms with van der Waals surface area (Å²) in [6, 6.07) is 3.22. The number of alkyl halides is 3. The number of hydrogen-bond donors (Lipinski definition) is 1. The first-order valence-electron chi connectivity index (χ1n) is 9.98. The highest BCUT2D eigenvalue weighted by Gasteiger charge is 2.33. The van der Waals surface area contributed by atoms with Crippen molar-refractivity contribution in [2.45, 2.75) is 19.0 Å². The first-order chi connectivity index (χ1) is 14.2. The van der Waals surface area contributed by atoms with Gasteiger partial charge in [-0.3, -0.25) is 4.79 Å². The molecule has 0 bridgehead atoms. The fraction of sp³-hybridized carbons (Fsp3) is 0.600. The number of carbonyl (C=O) groups excluding carboxylic acids is 2. The van der Waals surface area contributed by atoms with Crippen LogP contribution < -0.4 is 10.2 Å². The van der Waals surface area contributed by atoms with Crippen molar-refractivity contribution in [3.63, 3.8) is 0 Å². The Morgan fingerprint density at radius 3 is 2.50 bits per heavy atom. The second-order valence-electron chi connectivity index (χ2n) is 7.78. The first kappa shape index (κ1) is 22.2. The van der Waals surface area contributed by atoms with Crippen LogP contribution in [0.4, 0.5) is 29.3 Å². The fourth-order valence-electron chi connectivity index (χ4n) is 3.78. The maximum Gasteiger partial charge on any atom is 0.416 e. The minimum atomic E-state index is -4.51. The van der Waals surface area contributed by atoms with E-state index in [1.54, 1.807) is 19.0 Å². The summed E-state index contributed by atoms with van der Waals surface area (Å²) in [6.07, 6.45) is -3.27. The van der Waals surface area contributed by atoms with Gasteiger partial charge in [-0.15, -0.1) is 0 Å². The monoisotopic (exact) mass is 428 g/mol. The number of piperidine rings is 1. The van der Waals surface area contributed by atoms with E-state index in [-0.39, 0.29) is 24.2 Å². The van der Waals surface area contributed by atoms with Gasteiger partial charge >= 0.3 is 12.2 Å². The van der Waals surface area contributed by atoms with Crippen molar-refractivity contribution in [3.05, 3.63) is 23.8 Å². The smallest absolute Gasteiger partial charge is 0.378 e. The second kappa shape index (κ2) is 9.11. The van der Waals surface area contributed by atoms with Gasteiger partial charge in [-0.1, -0.05) is 0 Å². The lowest BCUT2D eigenvalue weighted by Crippen LogP contribution is -2.47. The Labute approximate surface area is 173 Å². The number of ether oxygens (including phenoxy) is 1. The number of nitrogens with zero attached hydrogens (tertiary/aromatic N) is 3. The summed E-state index contributed by atoms with van der Waals surface area (Å²) in [7, 11) is 3.28. The number of hydrogen-bond acceptors (Lipinski definition) is 4. The van der Waals surface area contributed by atoms with Crippen LogP contribution in [-0.2, 0) is 15.7 Å². The summed E-state index contributed by atoms with van der Waals surface area (Å²) in [6.45, 7) is 2.81. The molecule has 1 aromatic rings. The maximum absolute atomic E-state index is 13.3. The molecule has 0 spiro atoms. The van der Waals surface area contributed by atoms with Gasteiger partial charge in [0.05, 0.1) is 36.1 Å². The van der Waals surface area contributed by atoms with E-state index in [0.29, 0.717) is 51.4 Å². The van der Waals surface area contributed by atoms with Gasteiger partial charge in [0.25, 0.3) is 0 Å². The van der Waals surface area contributed by atoms with E-state index in [1.165, 1.54) is 11.0 Å². The predicted molar refractivity (Wildman–Crippen MR) is 106 cm³/mol. The molecular formula is C20H27F3N4O3. The quantitative estimate of drug-likeness (QED) is 0.804. The summed E-state index contributed by atoms with van der Waals surface area (Å²) in [5, 5.41) is 2.71. The molecule has 0 aliphatic carbocycles. The number of nitrogens with one attached hydrogen (secondary N) is 1. The number of likely N-dealkylation sites (tertiary alicyclic amines) is 1. The van der Waals surface area contributed by atoms with Gasteiger partial charge in [0.1, 0.15) is 0 Å². The van der Waals surface area contributed by atoms with E-state index < -0.39 is 17.7 Å². The molecule has 3 amide bonds. The standard InChI is InChI=1S/C20H27F3N4O3/c1-25(2)19(29)27-7-3-4-14(13-27)18(28)24-16-12-15(20(21,22)23)5-6-17(16)26-8-10-30-11-9-26/h5-6,12,14H,3-4,7-11,13H2,1-2H3,(H,24,28). The molecule has 1 N–H and O–H groups in total. The van der Waals surface area contributed by atoms with Crippen LogP contribution in [0.3, 0.4) is 0 Å². The van der Waals surface area contributed by atoms with Crippen LogP contribution in [0.1, 0.15) is 18.4 Å². The van der Waals surface area contributed by atoms with Crippen LogP contribution >= 0.6 is 0 Å². The highest BCUT2D eigenvalue weighted by atomic mass is 19.4. The molecule has 2 saturated heterocycles. The topological polar surface area (TPSA) is 65.1 Å². The van der Waals surface area contributed by atoms with Crippen LogP contribution in [0.5, 0.6) is 0 Å². The van der Waals surface area contributed by atoms with Crippen molar-refractivity contribution < 1.29 is 27.5 Å². The zero-order valence-electron chi connectivity index (χ0n) is 17.2. The number of benzene rings is 1. The van der Waals surface area contributed by atoms with E-state index in [2.05, 4.69) is 5.32 Å². The number of halogens is 3. The number of morpholine rings is 1. The number of amides is 3. The third kappa shape index (κ3) is 5.16. The van der Waals surface area contributed by atoms with Gasteiger partial charge in [-0.25, -0.2) is 4.79 Å². The zero-order chi connectivity index (χ0) is 21.9. The zero-order valence-corrected chi connectivity index (χ0v) is 17.2. The summed E-state index contributed by atoms with van der Waals surface area (Å²) in [4.78, 5) is 30.1. The summed E-state index contributed by atoms with van der Waals surface area (Å²) in [5.74, 6) is -0.852. The Kier molecular flexibility index (Phi) is 6.74. The average Bonchev–Trinajstić information content (AvgIpc) is 2.73. The normalized spacial score (nSPS) is 20.1. The Bertz CT molecular complexity index is 779. The lowest BCUT2D eigenvalue weighted by Gasteiger charge is -2.34. The van der Waals surface area contributed by atoms with Crippen molar-refractivity contribution in [2.24, 2.45) is 5.92 Å². The molecule has 2 aliphatic rings. The van der Waals surface area contributed by atoms with Crippen molar-refractivity contribution in [2.75, 3.05) is 63.7 Å². The summed E-state index contributed by atoms with van der Waals surface area (Å²) < 4.78 is 45.1. The molecule has 2 heterocycles. The number of rotatable bonds is 3. The number of urea groups is 1. The van der Waals surface area contributed by atoms with Crippen LogP contribution in [0, 0.1) is 5.92 Å². The first-order valence-corrected chi connectivity index (χ1v) is 9.98. The molecule has 2 aliphatic heterocycles. The third-order valence-electron chi connectivity index (χ3n) is 5.38. The predicted octanol–water partition coefficient (Wildman–Crippen LogP) is 2.87. The average molecular weight is 428 g/mol. The fourth-order valence-corrected chi connectivity index (χ4v) is 3.78. The molecule has 2 fully saturated rings. The van der Waals surface area contributed by atoms with Gasteiger partial charge < -0.3 is 24.8 Å². The van der Waals surface area contributed by atoms with Crippen molar-refractivity contribution in [1.29, 1.82) is 0 Å². The van der Waals surface area contributed by atoms with Crippen LogP contribution in [0.2, 0.25) is 0 Å².